The zero-order valence-electron chi connectivity index (χ0n) is 10.1. The number of fused-ring (bicyclic) bond motifs is 1. The average Bonchev–Trinajstić information content (AvgIpc) is 2.66. The Morgan fingerprint density at radius 1 is 1.05 bits per heavy atom. The van der Waals surface area contributed by atoms with Gasteiger partial charge in [-0.15, -0.1) is 0 Å². The Morgan fingerprint density at radius 2 is 1.80 bits per heavy atom. The van der Waals surface area contributed by atoms with Gasteiger partial charge in [0, 0.05) is 15.1 Å². The van der Waals surface area contributed by atoms with Crippen molar-refractivity contribution in [1.82, 2.24) is 4.98 Å². The smallest absolute Gasteiger partial charge is 0.299 e. The van der Waals surface area contributed by atoms with E-state index in [4.69, 9.17) is 0 Å². The molecule has 0 saturated heterocycles. The van der Waals surface area contributed by atoms with E-state index in [1.54, 1.807) is 24.4 Å². The summed E-state index contributed by atoms with van der Waals surface area (Å²) in [4.78, 5) is 29.7. The largest absolute Gasteiger partial charge is 0.299 e. The van der Waals surface area contributed by atoms with Crippen molar-refractivity contribution in [2.75, 3.05) is 4.90 Å². The van der Waals surface area contributed by atoms with Crippen LogP contribution in [0.2, 0.25) is 0 Å². The molecule has 1 amide bonds. The molecule has 1 aliphatic heterocycles. The SMILES string of the molecule is O=C1C(=O)N(Cc2ccc(Br)cn2)c2cc(Br)ccc21. The van der Waals surface area contributed by atoms with Gasteiger partial charge >= 0.3 is 0 Å². The van der Waals surface area contributed by atoms with Crippen molar-refractivity contribution in [2.24, 2.45) is 0 Å². The van der Waals surface area contributed by atoms with Gasteiger partial charge in [0.2, 0.25) is 0 Å². The second-order valence-electron chi connectivity index (χ2n) is 4.35. The lowest BCUT2D eigenvalue weighted by atomic mass is 10.1. The summed E-state index contributed by atoms with van der Waals surface area (Å²) in [6.07, 6.45) is 1.67. The predicted molar refractivity (Wildman–Crippen MR) is 81.6 cm³/mol. The summed E-state index contributed by atoms with van der Waals surface area (Å²) in [6.45, 7) is 0.279. The molecule has 1 aliphatic rings. The summed E-state index contributed by atoms with van der Waals surface area (Å²) >= 11 is 6.67. The van der Waals surface area contributed by atoms with Crippen LogP contribution in [0.1, 0.15) is 16.1 Å². The number of rotatable bonds is 2. The Hall–Kier alpha value is -1.53. The molecule has 1 aromatic heterocycles. The lowest BCUT2D eigenvalue weighted by molar-refractivity contribution is -0.114. The maximum atomic E-state index is 12.1. The molecule has 0 bridgehead atoms. The highest BCUT2D eigenvalue weighted by Crippen LogP contribution is 2.32. The van der Waals surface area contributed by atoms with Gasteiger partial charge in [-0.25, -0.2) is 0 Å². The molecule has 2 aromatic rings. The van der Waals surface area contributed by atoms with Gasteiger partial charge < -0.3 is 0 Å². The van der Waals surface area contributed by atoms with Crippen LogP contribution in [-0.2, 0) is 11.3 Å². The first-order valence-corrected chi connectivity index (χ1v) is 7.41. The summed E-state index contributed by atoms with van der Waals surface area (Å²) in [5, 5.41) is 0. The first-order chi connectivity index (χ1) is 9.56. The highest BCUT2D eigenvalue weighted by Gasteiger charge is 2.35. The Bertz CT molecular complexity index is 714. The van der Waals surface area contributed by atoms with Crippen LogP contribution in [0.4, 0.5) is 5.69 Å². The first-order valence-electron chi connectivity index (χ1n) is 5.82. The van der Waals surface area contributed by atoms with Crippen molar-refractivity contribution < 1.29 is 9.59 Å². The normalized spacial score (nSPS) is 13.8. The lowest BCUT2D eigenvalue weighted by Gasteiger charge is -2.16. The summed E-state index contributed by atoms with van der Waals surface area (Å²) in [7, 11) is 0. The zero-order chi connectivity index (χ0) is 14.3. The maximum Gasteiger partial charge on any atom is 0.299 e. The van der Waals surface area contributed by atoms with Crippen LogP contribution in [0.25, 0.3) is 0 Å². The zero-order valence-corrected chi connectivity index (χ0v) is 13.3. The summed E-state index contributed by atoms with van der Waals surface area (Å²) in [6, 6.07) is 8.86. The van der Waals surface area contributed by atoms with E-state index in [9.17, 15) is 9.59 Å². The van der Waals surface area contributed by atoms with Crippen molar-refractivity contribution in [2.45, 2.75) is 6.54 Å². The molecule has 0 unspecified atom stereocenters. The molecular weight excluding hydrogens is 388 g/mol. The number of aromatic nitrogens is 1. The molecule has 0 saturated carbocycles. The van der Waals surface area contributed by atoms with E-state index in [0.29, 0.717) is 11.3 Å². The molecular formula is C14H8Br2N2O2. The summed E-state index contributed by atoms with van der Waals surface area (Å²) in [5.41, 5.74) is 1.79. The molecule has 6 heteroatoms. The second kappa shape index (κ2) is 5.10. The van der Waals surface area contributed by atoms with Crippen molar-refractivity contribution in [1.29, 1.82) is 0 Å². The minimum Gasteiger partial charge on any atom is -0.299 e. The van der Waals surface area contributed by atoms with Gasteiger partial charge in [0.15, 0.2) is 0 Å². The molecule has 0 N–H and O–H groups in total. The Labute approximate surface area is 132 Å². The van der Waals surface area contributed by atoms with Gasteiger partial charge in [0.25, 0.3) is 11.7 Å². The topological polar surface area (TPSA) is 50.3 Å². The van der Waals surface area contributed by atoms with E-state index >= 15 is 0 Å². The molecule has 0 aliphatic carbocycles. The number of halogens is 2. The van der Waals surface area contributed by atoms with Gasteiger partial charge in [-0.3, -0.25) is 19.5 Å². The van der Waals surface area contributed by atoms with Crippen molar-refractivity contribution in [3.05, 3.63) is 56.7 Å². The Morgan fingerprint density at radius 3 is 2.50 bits per heavy atom. The van der Waals surface area contributed by atoms with Gasteiger partial charge in [-0.05, 0) is 46.3 Å². The third kappa shape index (κ3) is 2.29. The molecule has 0 atom stereocenters. The number of carbonyl (C=O) groups excluding carboxylic acids is 2. The molecule has 0 spiro atoms. The number of ketones is 1. The number of benzene rings is 1. The molecule has 100 valence electrons. The molecule has 1 aromatic carbocycles. The van der Waals surface area contributed by atoms with Gasteiger partial charge in [-0.1, -0.05) is 15.9 Å². The highest BCUT2D eigenvalue weighted by molar-refractivity contribution is 9.10. The number of carbonyl (C=O) groups is 2. The highest BCUT2D eigenvalue weighted by atomic mass is 79.9. The minimum absolute atomic E-state index is 0.279. The van der Waals surface area contributed by atoms with Crippen molar-refractivity contribution in [3.8, 4) is 0 Å². The van der Waals surface area contributed by atoms with E-state index in [2.05, 4.69) is 36.8 Å². The van der Waals surface area contributed by atoms with E-state index in [1.807, 2.05) is 12.1 Å². The number of pyridine rings is 1. The van der Waals surface area contributed by atoms with Crippen LogP contribution in [0, 0.1) is 0 Å². The third-order valence-electron chi connectivity index (χ3n) is 3.04. The van der Waals surface area contributed by atoms with E-state index in [0.717, 1.165) is 14.6 Å². The van der Waals surface area contributed by atoms with Crippen LogP contribution in [0.5, 0.6) is 0 Å². The molecule has 3 rings (SSSR count). The molecule has 0 fully saturated rings. The number of Topliss-reactive ketones (excluding diaryl/α,β-unsaturated/α-hetero) is 1. The van der Waals surface area contributed by atoms with Gasteiger partial charge in [0.1, 0.15) is 0 Å². The van der Waals surface area contributed by atoms with Crippen LogP contribution in [-0.4, -0.2) is 16.7 Å². The fourth-order valence-electron chi connectivity index (χ4n) is 2.09. The second-order valence-corrected chi connectivity index (χ2v) is 6.18. The number of hydrogen-bond donors (Lipinski definition) is 0. The van der Waals surface area contributed by atoms with E-state index in [1.165, 1.54) is 4.90 Å². The number of nitrogens with zero attached hydrogens (tertiary/aromatic N) is 2. The van der Waals surface area contributed by atoms with Crippen LogP contribution in [0.15, 0.2) is 45.5 Å². The molecule has 0 radical (unpaired) electrons. The standard InChI is InChI=1S/C14H8Br2N2O2/c15-8-2-4-11-12(5-8)18(14(20)13(11)19)7-10-3-1-9(16)6-17-10/h1-6H,7H2. The molecule has 4 nitrogen and oxygen atoms in total. The first kappa shape index (κ1) is 13.5. The molecule has 20 heavy (non-hydrogen) atoms. The Balaban J connectivity index is 1.98. The molecule has 2 heterocycles. The number of amides is 1. The summed E-state index contributed by atoms with van der Waals surface area (Å²) < 4.78 is 1.70. The van der Waals surface area contributed by atoms with Crippen LogP contribution >= 0.6 is 31.9 Å². The number of anilines is 1. The van der Waals surface area contributed by atoms with E-state index < -0.39 is 11.7 Å². The fraction of sp³-hybridized carbons (Fsp3) is 0.0714. The minimum atomic E-state index is -0.511. The quantitative estimate of drug-likeness (QED) is 0.732. The summed E-state index contributed by atoms with van der Waals surface area (Å²) in [5.74, 6) is -0.979. The van der Waals surface area contributed by atoms with E-state index in [-0.39, 0.29) is 6.54 Å². The lowest BCUT2D eigenvalue weighted by Crippen LogP contribution is -2.29. The average molecular weight is 396 g/mol. The Kier molecular flexibility index (Phi) is 3.43. The maximum absolute atomic E-state index is 12.1. The van der Waals surface area contributed by atoms with Gasteiger partial charge in [-0.2, -0.15) is 0 Å². The van der Waals surface area contributed by atoms with Gasteiger partial charge in [0.05, 0.1) is 23.5 Å². The van der Waals surface area contributed by atoms with Crippen molar-refractivity contribution in [3.63, 3.8) is 0 Å². The van der Waals surface area contributed by atoms with Crippen LogP contribution < -0.4 is 4.90 Å². The predicted octanol–water partition coefficient (Wildman–Crippen LogP) is 3.34. The third-order valence-corrected chi connectivity index (χ3v) is 4.01. The monoisotopic (exact) mass is 394 g/mol. The van der Waals surface area contributed by atoms with Crippen LogP contribution in [0.3, 0.4) is 0 Å². The fourth-order valence-corrected chi connectivity index (χ4v) is 2.67. The van der Waals surface area contributed by atoms with Crippen molar-refractivity contribution >= 4 is 49.2 Å². The number of hydrogen-bond acceptors (Lipinski definition) is 3.